The first-order chi connectivity index (χ1) is 12.5. The van der Waals surface area contributed by atoms with Crippen molar-refractivity contribution in [3.8, 4) is 11.5 Å². The van der Waals surface area contributed by atoms with E-state index in [2.05, 4.69) is 10.1 Å². The Labute approximate surface area is 150 Å². The second-order valence-electron chi connectivity index (χ2n) is 5.75. The van der Waals surface area contributed by atoms with E-state index in [0.29, 0.717) is 31.5 Å². The number of hydrogen-bond acceptors (Lipinski definition) is 4. The molecule has 0 spiro atoms. The summed E-state index contributed by atoms with van der Waals surface area (Å²) in [5.41, 5.74) is 0.612. The van der Waals surface area contributed by atoms with Crippen LogP contribution in [0.5, 0.6) is 11.5 Å². The first kappa shape index (κ1) is 19.7. The number of rotatable bonds is 9. The van der Waals surface area contributed by atoms with Crippen LogP contribution in [0, 0.1) is 0 Å². The maximum absolute atomic E-state index is 12.3. The van der Waals surface area contributed by atoms with Crippen molar-refractivity contribution in [2.24, 2.45) is 0 Å². The van der Waals surface area contributed by atoms with Gasteiger partial charge >= 0.3 is 6.61 Å². The first-order valence-electron chi connectivity index (χ1n) is 8.36. The Morgan fingerprint density at radius 3 is 2.85 bits per heavy atom. The van der Waals surface area contributed by atoms with Gasteiger partial charge in [0.05, 0.1) is 7.11 Å². The Bertz CT molecular complexity index is 665. The number of likely N-dealkylation sites (tertiary alicyclic amines) is 1. The molecule has 2 amide bonds. The number of halogens is 2. The van der Waals surface area contributed by atoms with Crippen LogP contribution in [-0.4, -0.2) is 50.1 Å². The molecule has 1 heterocycles. The molecule has 0 aliphatic carbocycles. The molecule has 142 valence electrons. The summed E-state index contributed by atoms with van der Waals surface area (Å²) < 4.78 is 33.9. The number of nitrogens with zero attached hydrogens (tertiary/aromatic N) is 1. The number of alkyl halides is 2. The molecule has 26 heavy (non-hydrogen) atoms. The fourth-order valence-corrected chi connectivity index (χ4v) is 2.63. The Hall–Kier alpha value is -2.64. The van der Waals surface area contributed by atoms with Crippen LogP contribution in [0.2, 0.25) is 0 Å². The lowest BCUT2D eigenvalue weighted by atomic mass is 10.2. The highest BCUT2D eigenvalue weighted by molar-refractivity contribution is 5.91. The summed E-state index contributed by atoms with van der Waals surface area (Å²) >= 11 is 0. The Morgan fingerprint density at radius 2 is 2.19 bits per heavy atom. The van der Waals surface area contributed by atoms with Crippen molar-refractivity contribution < 1.29 is 27.8 Å². The van der Waals surface area contributed by atoms with E-state index in [1.807, 2.05) is 0 Å². The maximum Gasteiger partial charge on any atom is 0.387 e. The van der Waals surface area contributed by atoms with Crippen molar-refractivity contribution in [3.63, 3.8) is 0 Å². The monoisotopic (exact) mass is 368 g/mol. The van der Waals surface area contributed by atoms with Gasteiger partial charge in [0.15, 0.2) is 11.5 Å². The van der Waals surface area contributed by atoms with E-state index in [0.717, 1.165) is 13.0 Å². The van der Waals surface area contributed by atoms with Gasteiger partial charge in [-0.2, -0.15) is 8.78 Å². The highest BCUT2D eigenvalue weighted by Crippen LogP contribution is 2.29. The second-order valence-corrected chi connectivity index (χ2v) is 5.75. The minimum Gasteiger partial charge on any atom is -0.493 e. The molecule has 0 atom stereocenters. The van der Waals surface area contributed by atoms with Crippen LogP contribution < -0.4 is 14.8 Å². The third kappa shape index (κ3) is 6.02. The molecule has 0 bridgehead atoms. The van der Waals surface area contributed by atoms with Crippen molar-refractivity contribution in [1.29, 1.82) is 0 Å². The van der Waals surface area contributed by atoms with E-state index in [4.69, 9.17) is 4.74 Å². The Balaban J connectivity index is 1.78. The van der Waals surface area contributed by atoms with E-state index < -0.39 is 6.61 Å². The third-order valence-corrected chi connectivity index (χ3v) is 3.91. The summed E-state index contributed by atoms with van der Waals surface area (Å²) in [6, 6.07) is 4.40. The van der Waals surface area contributed by atoms with Gasteiger partial charge in [0, 0.05) is 32.1 Å². The quantitative estimate of drug-likeness (QED) is 0.537. The van der Waals surface area contributed by atoms with Crippen molar-refractivity contribution in [2.75, 3.05) is 26.7 Å². The van der Waals surface area contributed by atoms with Gasteiger partial charge in [-0.1, -0.05) is 6.07 Å². The predicted molar refractivity (Wildman–Crippen MR) is 92.1 cm³/mol. The molecule has 0 unspecified atom stereocenters. The van der Waals surface area contributed by atoms with Gasteiger partial charge in [0.2, 0.25) is 11.8 Å². The average molecular weight is 368 g/mol. The lowest BCUT2D eigenvalue weighted by Gasteiger charge is -2.14. The van der Waals surface area contributed by atoms with Crippen LogP contribution in [0.15, 0.2) is 24.3 Å². The fraction of sp³-hybridized carbons (Fsp3) is 0.444. The lowest BCUT2D eigenvalue weighted by molar-refractivity contribution is -0.127. The van der Waals surface area contributed by atoms with E-state index in [-0.39, 0.29) is 23.3 Å². The van der Waals surface area contributed by atoms with Crippen molar-refractivity contribution in [1.82, 2.24) is 10.2 Å². The summed E-state index contributed by atoms with van der Waals surface area (Å²) in [7, 11) is 1.35. The molecule has 1 aliphatic heterocycles. The molecular formula is C18H22F2N2O4. The number of hydrogen-bond donors (Lipinski definition) is 1. The van der Waals surface area contributed by atoms with Crippen LogP contribution in [0.4, 0.5) is 8.78 Å². The number of amides is 2. The van der Waals surface area contributed by atoms with Crippen LogP contribution in [0.3, 0.4) is 0 Å². The van der Waals surface area contributed by atoms with Crippen molar-refractivity contribution >= 4 is 17.9 Å². The largest absolute Gasteiger partial charge is 0.493 e. The maximum atomic E-state index is 12.3. The topological polar surface area (TPSA) is 67.9 Å². The van der Waals surface area contributed by atoms with Gasteiger partial charge in [-0.05, 0) is 36.6 Å². The van der Waals surface area contributed by atoms with Gasteiger partial charge in [-0.3, -0.25) is 9.59 Å². The molecule has 1 aliphatic rings. The van der Waals surface area contributed by atoms with E-state index >= 15 is 0 Å². The molecule has 6 nitrogen and oxygen atoms in total. The molecule has 0 aromatic heterocycles. The number of methoxy groups -OCH3 is 1. The number of ether oxygens (including phenoxy) is 2. The van der Waals surface area contributed by atoms with Crippen molar-refractivity contribution in [2.45, 2.75) is 25.9 Å². The standard InChI is InChI=1S/C18H22F2N2O4/c1-25-15-12-13(5-7-14(15)26-18(19)20)6-8-16(23)21-9-3-11-22-10-2-4-17(22)24/h5-8,12,18H,2-4,9-11H2,1H3,(H,21,23)/b8-6+. The van der Waals surface area contributed by atoms with Crippen LogP contribution >= 0.6 is 0 Å². The van der Waals surface area contributed by atoms with E-state index in [1.54, 1.807) is 17.0 Å². The van der Waals surface area contributed by atoms with Gasteiger partial charge in [0.25, 0.3) is 0 Å². The van der Waals surface area contributed by atoms with E-state index in [9.17, 15) is 18.4 Å². The molecule has 1 fully saturated rings. The molecule has 1 N–H and O–H groups in total. The third-order valence-electron chi connectivity index (χ3n) is 3.91. The summed E-state index contributed by atoms with van der Waals surface area (Å²) in [5.74, 6) is -0.0160. The van der Waals surface area contributed by atoms with Gasteiger partial charge in [-0.15, -0.1) is 0 Å². The summed E-state index contributed by atoms with van der Waals surface area (Å²) in [6.45, 7) is -1.03. The molecular weight excluding hydrogens is 346 g/mol. The summed E-state index contributed by atoms with van der Waals surface area (Å²) in [5, 5.41) is 2.74. The minimum atomic E-state index is -2.94. The number of benzene rings is 1. The Morgan fingerprint density at radius 1 is 1.38 bits per heavy atom. The van der Waals surface area contributed by atoms with E-state index in [1.165, 1.54) is 25.3 Å². The molecule has 0 radical (unpaired) electrons. The van der Waals surface area contributed by atoms with Gasteiger partial charge < -0.3 is 19.7 Å². The zero-order chi connectivity index (χ0) is 18.9. The highest BCUT2D eigenvalue weighted by Gasteiger charge is 2.18. The molecule has 2 rings (SSSR count). The average Bonchev–Trinajstić information content (AvgIpc) is 3.02. The van der Waals surface area contributed by atoms with Crippen LogP contribution in [-0.2, 0) is 9.59 Å². The first-order valence-corrected chi connectivity index (χ1v) is 8.36. The second kappa shape index (κ2) is 9.74. The van der Waals surface area contributed by atoms with Gasteiger partial charge in [-0.25, -0.2) is 0 Å². The molecule has 1 aromatic carbocycles. The Kier molecular flexibility index (Phi) is 7.37. The SMILES string of the molecule is COc1cc(/C=C/C(=O)NCCCN2CCCC2=O)ccc1OC(F)F. The number of nitrogens with one attached hydrogen (secondary N) is 1. The van der Waals surface area contributed by atoms with Crippen LogP contribution in [0.1, 0.15) is 24.8 Å². The fourth-order valence-electron chi connectivity index (χ4n) is 2.63. The van der Waals surface area contributed by atoms with Crippen molar-refractivity contribution in [3.05, 3.63) is 29.8 Å². The molecule has 8 heteroatoms. The number of carbonyl (C=O) groups is 2. The molecule has 0 saturated carbocycles. The zero-order valence-corrected chi connectivity index (χ0v) is 14.5. The summed E-state index contributed by atoms with van der Waals surface area (Å²) in [4.78, 5) is 25.1. The highest BCUT2D eigenvalue weighted by atomic mass is 19.3. The predicted octanol–water partition coefficient (Wildman–Crippen LogP) is 2.44. The lowest BCUT2D eigenvalue weighted by Crippen LogP contribution is -2.29. The minimum absolute atomic E-state index is 0.0689. The molecule has 1 saturated heterocycles. The van der Waals surface area contributed by atoms with Crippen LogP contribution in [0.25, 0.3) is 6.08 Å². The smallest absolute Gasteiger partial charge is 0.387 e. The summed E-state index contributed by atoms with van der Waals surface area (Å²) in [6.07, 6.45) is 5.11. The normalized spacial score (nSPS) is 14.3. The molecule has 1 aromatic rings. The zero-order valence-electron chi connectivity index (χ0n) is 14.5. The van der Waals surface area contributed by atoms with Gasteiger partial charge in [0.1, 0.15) is 0 Å². The number of carbonyl (C=O) groups excluding carboxylic acids is 2.